The predicted octanol–water partition coefficient (Wildman–Crippen LogP) is 2.27. The number of H-pyrrole nitrogens is 2. The van der Waals surface area contributed by atoms with Gasteiger partial charge in [0.25, 0.3) is 0 Å². The number of methoxy groups -OCH3 is 2. The largest absolute Gasteiger partial charge is 0.497 e. The average Bonchev–Trinajstić information content (AvgIpc) is 3.65. The third-order valence-electron chi connectivity index (χ3n) is 5.57. The van der Waals surface area contributed by atoms with E-state index in [9.17, 15) is 16.8 Å². The van der Waals surface area contributed by atoms with Crippen LogP contribution in [0.1, 0.15) is 48.8 Å². The van der Waals surface area contributed by atoms with E-state index in [1.807, 2.05) is 0 Å². The van der Waals surface area contributed by atoms with Gasteiger partial charge in [-0.05, 0) is 61.4 Å². The first-order valence-electron chi connectivity index (χ1n) is 11.4. The summed E-state index contributed by atoms with van der Waals surface area (Å²) in [5.41, 5.74) is 0. The second-order valence-electron chi connectivity index (χ2n) is 7.77. The topological polar surface area (TPSA) is 196 Å². The monoisotopic (exact) mass is 564 g/mol. The first-order valence-corrected chi connectivity index (χ1v) is 14.5. The number of nitrogens with zero attached hydrogens (tertiary/aromatic N) is 6. The number of aromatic amines is 2. The standard InChI is InChI=1S/2C11H14N4O3S/c2*1-3-10(11-12-14-15-13-11)19(16,17)9-6-4-8(18-2)5-7-9/h2*4-7,10H,3H2,1-2H3,(H,12,13,14,15)/t2*10-/m10/s1. The van der Waals surface area contributed by atoms with Crippen LogP contribution >= 0.6 is 0 Å². The van der Waals surface area contributed by atoms with Crippen molar-refractivity contribution in [1.82, 2.24) is 41.2 Å². The molecule has 2 atom stereocenters. The molecule has 14 nitrogen and oxygen atoms in total. The molecule has 0 saturated heterocycles. The van der Waals surface area contributed by atoms with Gasteiger partial charge < -0.3 is 9.47 Å². The number of ether oxygens (including phenoxy) is 2. The molecule has 16 heteroatoms. The Morgan fingerprint density at radius 2 is 1.00 bits per heavy atom. The number of hydrogen-bond acceptors (Lipinski definition) is 12. The molecule has 4 aromatic rings. The molecule has 0 spiro atoms. The number of benzene rings is 2. The summed E-state index contributed by atoms with van der Waals surface area (Å²) in [5, 5.41) is 24.8. The Labute approximate surface area is 220 Å². The van der Waals surface area contributed by atoms with E-state index in [1.165, 1.54) is 38.5 Å². The van der Waals surface area contributed by atoms with Gasteiger partial charge in [0.15, 0.2) is 31.3 Å². The SMILES string of the molecule is CC[C@@H](c1nn[nH]n1)S(=O)(=O)c1ccc(OC)cc1.CC[C@H](c1nn[nH]n1)S(=O)(=O)c1ccc(OC)cc1. The lowest BCUT2D eigenvalue weighted by atomic mass is 10.3. The van der Waals surface area contributed by atoms with E-state index in [-0.39, 0.29) is 21.4 Å². The first-order chi connectivity index (χ1) is 18.2. The number of aromatic nitrogens is 8. The molecular formula is C22H28N8O6S2. The van der Waals surface area contributed by atoms with Crippen molar-refractivity contribution in [3.05, 3.63) is 60.2 Å². The lowest BCUT2D eigenvalue weighted by molar-refractivity contribution is 0.414. The summed E-state index contributed by atoms with van der Waals surface area (Å²) >= 11 is 0. The maximum Gasteiger partial charge on any atom is 0.192 e. The lowest BCUT2D eigenvalue weighted by Gasteiger charge is -2.12. The highest BCUT2D eigenvalue weighted by Crippen LogP contribution is 2.31. The molecular weight excluding hydrogens is 536 g/mol. The third kappa shape index (κ3) is 6.31. The summed E-state index contributed by atoms with van der Waals surface area (Å²) in [5.74, 6) is 1.56. The molecule has 2 aromatic heterocycles. The zero-order valence-corrected chi connectivity index (χ0v) is 22.8. The molecule has 0 fully saturated rings. The highest BCUT2D eigenvalue weighted by atomic mass is 32.2. The second kappa shape index (κ2) is 12.6. The maximum atomic E-state index is 12.5. The van der Waals surface area contributed by atoms with Crippen LogP contribution in [0, 0.1) is 0 Å². The van der Waals surface area contributed by atoms with Crippen LogP contribution in [0.25, 0.3) is 0 Å². The van der Waals surface area contributed by atoms with Crippen molar-refractivity contribution in [2.75, 3.05) is 14.2 Å². The van der Waals surface area contributed by atoms with E-state index >= 15 is 0 Å². The maximum absolute atomic E-state index is 12.5. The van der Waals surface area contributed by atoms with E-state index in [0.717, 1.165) is 0 Å². The molecule has 0 amide bonds. The van der Waals surface area contributed by atoms with E-state index in [1.54, 1.807) is 38.1 Å². The first kappa shape index (κ1) is 28.6. The average molecular weight is 565 g/mol. The van der Waals surface area contributed by atoms with Gasteiger partial charge in [0.05, 0.1) is 24.0 Å². The Hall–Kier alpha value is -3.92. The fraction of sp³-hybridized carbons (Fsp3) is 0.364. The van der Waals surface area contributed by atoms with Gasteiger partial charge in [-0.25, -0.2) is 16.8 Å². The van der Waals surface area contributed by atoms with Crippen molar-refractivity contribution >= 4 is 19.7 Å². The number of rotatable bonds is 10. The minimum Gasteiger partial charge on any atom is -0.497 e. The van der Waals surface area contributed by atoms with Crippen molar-refractivity contribution in [1.29, 1.82) is 0 Å². The van der Waals surface area contributed by atoms with Crippen LogP contribution < -0.4 is 9.47 Å². The summed E-state index contributed by atoms with van der Waals surface area (Å²) in [4.78, 5) is 0.426. The van der Waals surface area contributed by atoms with Gasteiger partial charge >= 0.3 is 0 Å². The quantitative estimate of drug-likeness (QED) is 0.285. The van der Waals surface area contributed by atoms with Crippen molar-refractivity contribution in [2.24, 2.45) is 0 Å². The molecule has 0 saturated carbocycles. The number of nitrogens with one attached hydrogen (secondary N) is 2. The van der Waals surface area contributed by atoms with Crippen LogP contribution in [0.3, 0.4) is 0 Å². The molecule has 0 aliphatic heterocycles. The smallest absolute Gasteiger partial charge is 0.192 e. The van der Waals surface area contributed by atoms with E-state index in [0.29, 0.717) is 24.3 Å². The predicted molar refractivity (Wildman–Crippen MR) is 135 cm³/mol. The van der Waals surface area contributed by atoms with Crippen LogP contribution in [0.5, 0.6) is 11.5 Å². The molecule has 0 unspecified atom stereocenters. The molecule has 38 heavy (non-hydrogen) atoms. The fourth-order valence-electron chi connectivity index (χ4n) is 3.55. The zero-order chi connectivity index (χ0) is 27.8. The Morgan fingerprint density at radius 3 is 1.24 bits per heavy atom. The van der Waals surface area contributed by atoms with Gasteiger partial charge in [-0.1, -0.05) is 24.3 Å². The Bertz CT molecular complexity index is 1360. The molecule has 0 radical (unpaired) electrons. The lowest BCUT2D eigenvalue weighted by Crippen LogP contribution is -2.14. The van der Waals surface area contributed by atoms with E-state index in [4.69, 9.17) is 9.47 Å². The number of hydrogen-bond donors (Lipinski definition) is 2. The Morgan fingerprint density at radius 1 is 0.658 bits per heavy atom. The van der Waals surface area contributed by atoms with Gasteiger partial charge in [-0.3, -0.25) is 0 Å². The van der Waals surface area contributed by atoms with Crippen LogP contribution in [0.4, 0.5) is 0 Å². The van der Waals surface area contributed by atoms with Crippen LogP contribution in [-0.4, -0.2) is 72.3 Å². The number of sulfone groups is 2. The Kier molecular flexibility index (Phi) is 9.46. The van der Waals surface area contributed by atoms with E-state index in [2.05, 4.69) is 41.2 Å². The summed E-state index contributed by atoms with van der Waals surface area (Å²) < 4.78 is 60.0. The normalized spacial score (nSPS) is 13.2. The van der Waals surface area contributed by atoms with E-state index < -0.39 is 30.2 Å². The van der Waals surface area contributed by atoms with Crippen LogP contribution in [-0.2, 0) is 19.7 Å². The third-order valence-corrected chi connectivity index (χ3v) is 10.0. The van der Waals surface area contributed by atoms with Gasteiger partial charge in [-0.2, -0.15) is 10.4 Å². The molecule has 2 aromatic carbocycles. The molecule has 204 valence electrons. The summed E-state index contributed by atoms with van der Waals surface area (Å²) in [7, 11) is -4.03. The molecule has 0 bridgehead atoms. The van der Waals surface area contributed by atoms with Crippen molar-refractivity contribution in [3.8, 4) is 11.5 Å². The number of tetrazole rings is 2. The van der Waals surface area contributed by atoms with Gasteiger partial charge in [0.2, 0.25) is 0 Å². The van der Waals surface area contributed by atoms with Crippen molar-refractivity contribution in [2.45, 2.75) is 47.0 Å². The second-order valence-corrected chi connectivity index (χ2v) is 12.0. The molecule has 0 aliphatic carbocycles. The molecule has 2 N–H and O–H groups in total. The van der Waals surface area contributed by atoms with Gasteiger partial charge in [0.1, 0.15) is 22.0 Å². The van der Waals surface area contributed by atoms with Crippen molar-refractivity contribution < 1.29 is 26.3 Å². The minimum absolute atomic E-state index is 0.179. The molecule has 2 heterocycles. The highest BCUT2D eigenvalue weighted by molar-refractivity contribution is 7.92. The summed E-state index contributed by atoms with van der Waals surface area (Å²) in [6.07, 6.45) is 0.738. The summed E-state index contributed by atoms with van der Waals surface area (Å²) in [6.45, 7) is 3.53. The molecule has 0 aliphatic rings. The van der Waals surface area contributed by atoms with Crippen LogP contribution in [0.2, 0.25) is 0 Å². The molecule has 4 rings (SSSR count). The fourth-order valence-corrected chi connectivity index (χ4v) is 6.87. The van der Waals surface area contributed by atoms with Gasteiger partial charge in [0, 0.05) is 0 Å². The highest BCUT2D eigenvalue weighted by Gasteiger charge is 2.32. The van der Waals surface area contributed by atoms with Crippen molar-refractivity contribution in [3.63, 3.8) is 0 Å². The Balaban J connectivity index is 0.000000211. The minimum atomic E-state index is -3.54. The van der Waals surface area contributed by atoms with Gasteiger partial charge in [-0.15, -0.1) is 20.4 Å². The van der Waals surface area contributed by atoms with Crippen LogP contribution in [0.15, 0.2) is 58.3 Å². The zero-order valence-electron chi connectivity index (χ0n) is 21.1. The summed E-state index contributed by atoms with van der Waals surface area (Å²) in [6, 6.07) is 12.5.